The van der Waals surface area contributed by atoms with Crippen LogP contribution in [0.25, 0.3) is 50.4 Å². The zero-order valence-electron chi connectivity index (χ0n) is 27.0. The minimum absolute atomic E-state index is 0.205. The van der Waals surface area contributed by atoms with Gasteiger partial charge in [-0.05, 0) is 105 Å². The van der Waals surface area contributed by atoms with Crippen LogP contribution in [0.3, 0.4) is 0 Å². The zero-order chi connectivity index (χ0) is 32.6. The molecule has 45 heavy (non-hydrogen) atoms. The Labute approximate surface area is 262 Å². The number of carbonyl (C=O) groups excluding carboxylic acids is 2. The molecule has 2 aliphatic heterocycles. The smallest absolute Gasteiger partial charge is 0.305 e. The highest BCUT2D eigenvalue weighted by Crippen LogP contribution is 2.38. The maximum absolute atomic E-state index is 12.2. The van der Waals surface area contributed by atoms with Crippen LogP contribution in [0.15, 0.2) is 30.8 Å². The fourth-order valence-corrected chi connectivity index (χ4v) is 6.24. The minimum atomic E-state index is -0.706. The molecule has 0 aromatic carbocycles. The van der Waals surface area contributed by atoms with Gasteiger partial charge in [-0.2, -0.15) is 0 Å². The normalized spacial score (nSPS) is 13.7. The number of esters is 2. The average Bonchev–Trinajstić information content (AvgIpc) is 3.67. The van der Waals surface area contributed by atoms with Gasteiger partial charge in [0.15, 0.2) is 0 Å². The van der Waals surface area contributed by atoms with Gasteiger partial charge in [-0.3, -0.25) is 9.59 Å². The first-order valence-corrected chi connectivity index (χ1v) is 15.1. The van der Waals surface area contributed by atoms with E-state index >= 15 is 0 Å². The number of aryl methyl sites for hydroxylation is 2. The quantitative estimate of drug-likeness (QED) is 0.227. The third-order valence-corrected chi connectivity index (χ3v) is 8.87. The van der Waals surface area contributed by atoms with Gasteiger partial charge in [-0.1, -0.05) is 12.7 Å². The van der Waals surface area contributed by atoms with Gasteiger partial charge in [0.1, 0.15) is 0 Å². The molecule has 0 saturated heterocycles. The number of aromatic nitrogens is 4. The van der Waals surface area contributed by atoms with Crippen molar-refractivity contribution < 1.29 is 24.2 Å². The van der Waals surface area contributed by atoms with Crippen molar-refractivity contribution in [1.29, 1.82) is 0 Å². The van der Waals surface area contributed by atoms with Crippen LogP contribution < -0.4 is 0 Å². The Morgan fingerprint density at radius 2 is 1.27 bits per heavy atom. The number of H-pyrrole nitrogens is 2. The van der Waals surface area contributed by atoms with Crippen molar-refractivity contribution in [1.82, 2.24) is 19.9 Å². The van der Waals surface area contributed by atoms with Crippen LogP contribution in [0.5, 0.6) is 0 Å². The van der Waals surface area contributed by atoms with Crippen molar-refractivity contribution in [3.8, 4) is 0 Å². The van der Waals surface area contributed by atoms with Gasteiger partial charge in [0.2, 0.25) is 0 Å². The van der Waals surface area contributed by atoms with Crippen molar-refractivity contribution in [3.63, 3.8) is 0 Å². The van der Waals surface area contributed by atoms with Gasteiger partial charge < -0.3 is 24.5 Å². The van der Waals surface area contributed by atoms with Crippen molar-refractivity contribution in [2.45, 2.75) is 66.4 Å². The number of aliphatic hydroxyl groups is 1. The molecular formula is C36H40N4O5. The van der Waals surface area contributed by atoms with Gasteiger partial charge in [-0.15, -0.1) is 0 Å². The Hall–Kier alpha value is -4.76. The predicted molar refractivity (Wildman–Crippen MR) is 179 cm³/mol. The monoisotopic (exact) mass is 608 g/mol. The topological polar surface area (TPSA) is 130 Å². The van der Waals surface area contributed by atoms with Crippen LogP contribution >= 0.6 is 0 Å². The summed E-state index contributed by atoms with van der Waals surface area (Å²) in [5, 5.41) is 10.8. The molecule has 5 rings (SSSR count). The van der Waals surface area contributed by atoms with E-state index < -0.39 is 6.10 Å². The second kappa shape index (κ2) is 12.7. The molecule has 0 fully saturated rings. The maximum atomic E-state index is 12.2. The summed E-state index contributed by atoms with van der Waals surface area (Å²) in [5.41, 5.74) is 13.7. The molecular weight excluding hydrogens is 568 g/mol. The second-order valence-electron chi connectivity index (χ2n) is 11.6. The molecule has 0 saturated carbocycles. The minimum Gasteiger partial charge on any atom is -0.469 e. The van der Waals surface area contributed by atoms with Crippen LogP contribution in [-0.2, 0) is 19.1 Å². The molecule has 3 aromatic heterocycles. The second-order valence-corrected chi connectivity index (χ2v) is 11.6. The highest BCUT2D eigenvalue weighted by Gasteiger charge is 2.23. The predicted octanol–water partition coefficient (Wildman–Crippen LogP) is 7.40. The molecule has 0 amide bonds. The number of rotatable bonds is 8. The van der Waals surface area contributed by atoms with Gasteiger partial charge in [0.05, 0.1) is 43.1 Å². The van der Waals surface area contributed by atoms with Crippen LogP contribution in [-0.4, -0.2) is 51.2 Å². The van der Waals surface area contributed by atoms with Crippen LogP contribution in [0, 0.1) is 13.8 Å². The molecule has 8 bridgehead atoms. The molecule has 3 aromatic rings. The highest BCUT2D eigenvalue weighted by atomic mass is 16.5. The van der Waals surface area contributed by atoms with E-state index in [9.17, 15) is 14.7 Å². The Kier molecular flexibility index (Phi) is 8.93. The first-order chi connectivity index (χ1) is 21.5. The summed E-state index contributed by atoms with van der Waals surface area (Å²) in [7, 11) is 2.77. The molecule has 9 nitrogen and oxygen atoms in total. The summed E-state index contributed by atoms with van der Waals surface area (Å²) in [6.45, 7) is 13.9. The summed E-state index contributed by atoms with van der Waals surface area (Å²) in [5.74, 6) is -0.599. The Bertz CT molecular complexity index is 1950. The number of hydrogen-bond donors (Lipinski definition) is 3. The first-order valence-electron chi connectivity index (χ1n) is 15.1. The Morgan fingerprint density at radius 1 is 0.778 bits per heavy atom. The lowest BCUT2D eigenvalue weighted by Gasteiger charge is -2.06. The van der Waals surface area contributed by atoms with Crippen molar-refractivity contribution in [3.05, 3.63) is 75.9 Å². The number of aromatic amines is 2. The number of hydrogen-bond acceptors (Lipinski definition) is 7. The van der Waals surface area contributed by atoms with Crippen molar-refractivity contribution >= 4 is 62.4 Å². The van der Waals surface area contributed by atoms with E-state index in [-0.39, 0.29) is 24.8 Å². The fraction of sp³-hybridized carbons (Fsp3) is 0.333. The third-order valence-electron chi connectivity index (χ3n) is 8.87. The summed E-state index contributed by atoms with van der Waals surface area (Å²) in [6, 6.07) is 7.95. The molecule has 0 aliphatic carbocycles. The largest absolute Gasteiger partial charge is 0.469 e. The van der Waals surface area contributed by atoms with E-state index in [1.54, 1.807) is 6.92 Å². The van der Waals surface area contributed by atoms with Crippen molar-refractivity contribution in [2.75, 3.05) is 14.2 Å². The Balaban J connectivity index is 1.90. The molecule has 234 valence electrons. The highest BCUT2D eigenvalue weighted by molar-refractivity contribution is 5.97. The molecule has 1 atom stereocenters. The lowest BCUT2D eigenvalue weighted by molar-refractivity contribution is -0.141. The van der Waals surface area contributed by atoms with Gasteiger partial charge in [0.25, 0.3) is 0 Å². The summed E-state index contributed by atoms with van der Waals surface area (Å²) >= 11 is 0. The van der Waals surface area contributed by atoms with E-state index in [2.05, 4.69) is 16.5 Å². The van der Waals surface area contributed by atoms with Crippen LogP contribution in [0.1, 0.15) is 97.6 Å². The SMILES string of the molecule is C=Cc1c(C)c2cc3[nH]c(cc4nc(cc5nc(cc1[nH]2)C(C)=C5CCC(=O)OC)C(CCC(=O)OC)=C4C)c(C)c3C(C)O. The maximum Gasteiger partial charge on any atom is 0.305 e. The van der Waals surface area contributed by atoms with Gasteiger partial charge in [0, 0.05) is 46.0 Å². The van der Waals surface area contributed by atoms with Crippen LogP contribution in [0.4, 0.5) is 0 Å². The van der Waals surface area contributed by atoms with Crippen molar-refractivity contribution in [2.24, 2.45) is 0 Å². The standard InChI is InChI=1S/C36H40N4O5/c1-9-23-18(2)28-16-33-36(22(6)41)21(5)29(40-33)14-26-19(3)24(10-12-34(42)44-7)31(38-26)17-32-25(11-13-35(43)45-8)20(4)27(39-32)15-30(23)37-28/h9,14-17,22,37,40-41H,1,10-13H2,2-8H3. The summed E-state index contributed by atoms with van der Waals surface area (Å²) < 4.78 is 9.87. The molecule has 0 spiro atoms. The van der Waals surface area contributed by atoms with Crippen LogP contribution in [0.2, 0.25) is 0 Å². The first kappa shape index (κ1) is 31.7. The number of allylic oxidation sites excluding steroid dienone is 4. The fourth-order valence-electron chi connectivity index (χ4n) is 6.24. The zero-order valence-corrected chi connectivity index (χ0v) is 27.0. The molecule has 9 heteroatoms. The van der Waals surface area contributed by atoms with E-state index in [4.69, 9.17) is 19.4 Å². The van der Waals surface area contributed by atoms with E-state index in [0.29, 0.717) is 24.2 Å². The number of methoxy groups -OCH3 is 2. The lowest BCUT2D eigenvalue weighted by Crippen LogP contribution is -2.01. The summed E-state index contributed by atoms with van der Waals surface area (Å²) in [6.07, 6.45) is 2.43. The van der Waals surface area contributed by atoms with E-state index in [1.807, 2.05) is 58.0 Å². The number of nitrogens with one attached hydrogen (secondary N) is 2. The number of fused-ring (bicyclic) bond motifs is 8. The molecule has 0 radical (unpaired) electrons. The van der Waals surface area contributed by atoms with E-state index in [0.717, 1.165) is 78.0 Å². The van der Waals surface area contributed by atoms with Gasteiger partial charge >= 0.3 is 11.9 Å². The number of aliphatic hydroxyl groups excluding tert-OH is 1. The third kappa shape index (κ3) is 6.00. The summed E-state index contributed by atoms with van der Waals surface area (Å²) in [4.78, 5) is 41.5. The molecule has 3 N–H and O–H groups in total. The molecule has 1 unspecified atom stereocenters. The molecule has 5 heterocycles. The molecule has 2 aliphatic rings. The average molecular weight is 609 g/mol. The Morgan fingerprint density at radius 3 is 1.76 bits per heavy atom. The van der Waals surface area contributed by atoms with Gasteiger partial charge in [-0.25, -0.2) is 9.97 Å². The number of nitrogens with zero attached hydrogens (tertiary/aromatic N) is 2. The number of ether oxygens (including phenoxy) is 2. The lowest BCUT2D eigenvalue weighted by atomic mass is 9.98. The van der Waals surface area contributed by atoms with E-state index in [1.165, 1.54) is 14.2 Å². The number of carbonyl (C=O) groups is 2.